The first-order chi connectivity index (χ1) is 13.8. The molecule has 0 aliphatic heterocycles. The smallest absolute Gasteiger partial charge is 0.265 e. The first-order valence-corrected chi connectivity index (χ1v) is 14.3. The van der Waals surface area contributed by atoms with Gasteiger partial charge in [0.2, 0.25) is 0 Å². The molecule has 1 aromatic carbocycles. The van der Waals surface area contributed by atoms with Gasteiger partial charge in [0.05, 0.1) is 9.77 Å². The molecule has 0 spiro atoms. The number of nitrogens with one attached hydrogen (secondary N) is 1. The summed E-state index contributed by atoms with van der Waals surface area (Å²) in [6, 6.07) is 5.83. The molecule has 1 N–H and O–H groups in total. The Kier molecular flexibility index (Phi) is 6.20. The first kappa shape index (κ1) is 22.6. The minimum absolute atomic E-state index is 0.0194. The quantitative estimate of drug-likeness (QED) is 0.548. The van der Waals surface area contributed by atoms with Gasteiger partial charge in [0.25, 0.3) is 5.91 Å². The van der Waals surface area contributed by atoms with Crippen LogP contribution in [0.25, 0.3) is 11.4 Å². The number of benzene rings is 1. The van der Waals surface area contributed by atoms with Crippen LogP contribution in [0.4, 0.5) is 5.69 Å². The van der Waals surface area contributed by atoms with Crippen molar-refractivity contribution in [2.45, 2.75) is 11.8 Å². The van der Waals surface area contributed by atoms with Crippen LogP contribution >= 0.6 is 30.1 Å². The van der Waals surface area contributed by atoms with Crippen molar-refractivity contribution >= 4 is 56.8 Å². The van der Waals surface area contributed by atoms with Gasteiger partial charge >= 0.3 is 0 Å². The molecular weight excluding hydrogens is 465 g/mol. The van der Waals surface area contributed by atoms with Crippen LogP contribution < -0.4 is 10.6 Å². The molecule has 158 valence electrons. The average molecular weight is 484 g/mol. The molecule has 1 amide bonds. The summed E-state index contributed by atoms with van der Waals surface area (Å²) in [4.78, 5) is 22.5. The van der Waals surface area contributed by atoms with Gasteiger partial charge in [-0.15, -0.1) is 11.3 Å². The number of amides is 1. The van der Waals surface area contributed by atoms with E-state index in [4.69, 9.17) is 11.6 Å². The lowest BCUT2D eigenvalue weighted by atomic mass is 10.2. The summed E-state index contributed by atoms with van der Waals surface area (Å²) in [6.45, 7) is 5.14. The number of hydrogen-bond acceptors (Lipinski definition) is 7. The number of anilines is 1. The van der Waals surface area contributed by atoms with E-state index in [0.29, 0.717) is 21.6 Å². The van der Waals surface area contributed by atoms with Crippen LogP contribution in [0.5, 0.6) is 0 Å². The topological polar surface area (TPSA) is 106 Å². The third kappa shape index (κ3) is 5.16. The van der Waals surface area contributed by atoms with Crippen LogP contribution in [0.2, 0.25) is 5.02 Å². The van der Waals surface area contributed by atoms with Crippen molar-refractivity contribution < 1.29 is 17.8 Å². The fourth-order valence-corrected chi connectivity index (χ4v) is 5.16. The van der Waals surface area contributed by atoms with E-state index in [1.165, 1.54) is 29.5 Å². The molecule has 0 atom stereocenters. The Morgan fingerprint density at radius 3 is 2.33 bits per heavy atom. The summed E-state index contributed by atoms with van der Waals surface area (Å²) in [5.74, 6) is 0.0291. The minimum atomic E-state index is -3.47. The number of sulfone groups is 1. The lowest BCUT2D eigenvalue weighted by molar-refractivity contribution is 0.103. The number of carbonyl (C=O) groups excluding carboxylic acids is 1. The van der Waals surface area contributed by atoms with Crippen molar-refractivity contribution in [3.05, 3.63) is 51.4 Å². The molecule has 0 aliphatic carbocycles. The van der Waals surface area contributed by atoms with Gasteiger partial charge in [-0.05, 0) is 44.5 Å². The molecule has 11 heteroatoms. The fourth-order valence-electron chi connectivity index (χ4n) is 2.60. The van der Waals surface area contributed by atoms with E-state index in [2.05, 4.69) is 15.3 Å². The van der Waals surface area contributed by atoms with E-state index in [1.807, 2.05) is 6.92 Å². The molecule has 30 heavy (non-hydrogen) atoms. The molecule has 2 heterocycles. The van der Waals surface area contributed by atoms with Gasteiger partial charge in [-0.1, -0.05) is 11.6 Å². The van der Waals surface area contributed by atoms with Gasteiger partial charge in [-0.3, -0.25) is 4.79 Å². The molecule has 0 saturated heterocycles. The number of hydrogen-bond donors (Lipinski definition) is 1. The normalized spacial score (nSPS) is 12.0. The summed E-state index contributed by atoms with van der Waals surface area (Å²) in [6.07, 6.45) is 4.15. The Labute approximate surface area is 183 Å². The zero-order chi connectivity index (χ0) is 22.3. The zero-order valence-corrected chi connectivity index (χ0v) is 19.9. The maximum absolute atomic E-state index is 12.7. The predicted octanol–water partition coefficient (Wildman–Crippen LogP) is 4.07. The van der Waals surface area contributed by atoms with E-state index in [9.17, 15) is 17.8 Å². The Hall–Kier alpha value is -2.06. The number of thiophene rings is 1. The lowest BCUT2D eigenvalue weighted by Crippen LogP contribution is -2.11. The molecule has 0 radical (unpaired) electrons. The molecule has 3 rings (SSSR count). The second-order valence-electron chi connectivity index (χ2n) is 7.10. The van der Waals surface area contributed by atoms with Gasteiger partial charge < -0.3 is 9.88 Å². The van der Waals surface area contributed by atoms with Gasteiger partial charge in [0, 0.05) is 45.1 Å². The number of rotatable bonds is 5. The highest BCUT2D eigenvalue weighted by molar-refractivity contribution is 7.90. The molecule has 0 saturated carbocycles. The molecule has 2 aromatic heterocycles. The fraction of sp³-hybridized carbons (Fsp3) is 0.211. The first-order valence-electron chi connectivity index (χ1n) is 8.65. The Bertz CT molecular complexity index is 1280. The van der Waals surface area contributed by atoms with Crippen molar-refractivity contribution in [2.24, 2.45) is 0 Å². The van der Waals surface area contributed by atoms with Gasteiger partial charge in [0.1, 0.15) is 7.14 Å². The highest BCUT2D eigenvalue weighted by Gasteiger charge is 2.18. The molecule has 0 aliphatic rings. The largest absolute Gasteiger partial charge is 0.321 e. The van der Waals surface area contributed by atoms with E-state index in [0.717, 1.165) is 11.1 Å². The predicted molar refractivity (Wildman–Crippen MR) is 122 cm³/mol. The van der Waals surface area contributed by atoms with Crippen LogP contribution in [0.3, 0.4) is 0 Å². The monoisotopic (exact) mass is 483 g/mol. The number of nitrogens with zero attached hydrogens (tertiary/aromatic N) is 2. The zero-order valence-electron chi connectivity index (χ0n) is 16.6. The van der Waals surface area contributed by atoms with Crippen LogP contribution in [0.15, 0.2) is 41.6 Å². The van der Waals surface area contributed by atoms with Crippen molar-refractivity contribution in [3.63, 3.8) is 0 Å². The van der Waals surface area contributed by atoms with Crippen molar-refractivity contribution in [1.29, 1.82) is 0 Å². The maximum atomic E-state index is 12.7. The van der Waals surface area contributed by atoms with Crippen molar-refractivity contribution in [3.8, 4) is 11.4 Å². The lowest BCUT2D eigenvalue weighted by Gasteiger charge is -2.07. The Morgan fingerprint density at radius 1 is 1.13 bits per heavy atom. The summed E-state index contributed by atoms with van der Waals surface area (Å²) < 4.78 is 35.7. The maximum Gasteiger partial charge on any atom is 0.265 e. The number of aromatic nitrogens is 2. The average Bonchev–Trinajstić information content (AvgIpc) is 3.02. The SMILES string of the molecule is Cc1sc(C(=O)Nc2cc(Cl)cc(S(C)(=O)=O)c2)cc1-c1ncc(P(C)(C)=O)cn1. The van der Waals surface area contributed by atoms with E-state index < -0.39 is 22.9 Å². The number of halogens is 1. The molecule has 0 fully saturated rings. The standard InChI is InChI=1S/C19H19ClN3O4PS2/c1-11-16(18-21-9-14(10-22-18)28(2,3)25)8-17(29-11)19(24)23-13-5-12(20)6-15(7-13)30(4,26)27/h5-10H,1-4H3,(H,23,24). The van der Waals surface area contributed by atoms with Crippen LogP contribution in [0.1, 0.15) is 14.5 Å². The van der Waals surface area contributed by atoms with Crippen LogP contribution in [-0.2, 0) is 14.4 Å². The summed E-state index contributed by atoms with van der Waals surface area (Å²) in [5.41, 5.74) is 0.976. The molecular formula is C19H19ClN3O4PS2. The molecule has 0 unspecified atom stereocenters. The third-order valence-corrected chi connectivity index (χ3v) is 8.03. The number of aryl methyl sites for hydroxylation is 1. The second kappa shape index (κ2) is 8.23. The molecule has 7 nitrogen and oxygen atoms in total. The second-order valence-corrected chi connectivity index (χ2v) is 14.0. The summed E-state index contributed by atoms with van der Waals surface area (Å²) in [7, 11) is -5.92. The Morgan fingerprint density at radius 2 is 1.77 bits per heavy atom. The van der Waals surface area contributed by atoms with Gasteiger partial charge in [-0.2, -0.15) is 0 Å². The van der Waals surface area contributed by atoms with E-state index in [1.54, 1.807) is 31.8 Å². The highest BCUT2D eigenvalue weighted by atomic mass is 35.5. The summed E-state index contributed by atoms with van der Waals surface area (Å²) in [5, 5.41) is 3.46. The summed E-state index contributed by atoms with van der Waals surface area (Å²) >= 11 is 7.25. The van der Waals surface area contributed by atoms with Gasteiger partial charge in [0.15, 0.2) is 15.7 Å². The van der Waals surface area contributed by atoms with Crippen LogP contribution in [-0.4, -0.2) is 43.9 Å². The number of carbonyl (C=O) groups is 1. The van der Waals surface area contributed by atoms with Crippen molar-refractivity contribution in [2.75, 3.05) is 24.9 Å². The minimum Gasteiger partial charge on any atom is -0.321 e. The van der Waals surface area contributed by atoms with E-state index >= 15 is 0 Å². The Balaban J connectivity index is 1.87. The van der Waals surface area contributed by atoms with Crippen LogP contribution in [0, 0.1) is 6.92 Å². The van der Waals surface area contributed by atoms with Gasteiger partial charge in [-0.25, -0.2) is 18.4 Å². The molecule has 3 aromatic rings. The van der Waals surface area contributed by atoms with E-state index in [-0.39, 0.29) is 15.6 Å². The molecule has 0 bridgehead atoms. The highest BCUT2D eigenvalue weighted by Crippen LogP contribution is 2.35. The van der Waals surface area contributed by atoms with Crippen molar-refractivity contribution in [1.82, 2.24) is 9.97 Å². The third-order valence-electron chi connectivity index (χ3n) is 4.20.